The van der Waals surface area contributed by atoms with Crippen molar-refractivity contribution in [2.24, 2.45) is 0 Å². The van der Waals surface area contributed by atoms with Crippen molar-refractivity contribution in [1.82, 2.24) is 24.9 Å². The Bertz CT molecular complexity index is 825. The van der Waals surface area contributed by atoms with E-state index in [0.717, 1.165) is 11.4 Å². The molecule has 3 aromatic heterocycles. The molecule has 24 heavy (non-hydrogen) atoms. The second kappa shape index (κ2) is 6.46. The van der Waals surface area contributed by atoms with E-state index in [1.165, 1.54) is 18.3 Å². The van der Waals surface area contributed by atoms with Gasteiger partial charge in [-0.15, -0.1) is 0 Å². The van der Waals surface area contributed by atoms with Crippen LogP contribution >= 0.6 is 0 Å². The maximum Gasteiger partial charge on any atom is 0.280 e. The molecule has 0 aliphatic carbocycles. The van der Waals surface area contributed by atoms with E-state index in [-0.39, 0.29) is 11.7 Å². The maximum atomic E-state index is 12.5. The van der Waals surface area contributed by atoms with Gasteiger partial charge in [0.2, 0.25) is 11.7 Å². The van der Waals surface area contributed by atoms with Crippen molar-refractivity contribution in [2.45, 2.75) is 39.7 Å². The number of nitrogens with zero attached hydrogens (tertiary/aromatic N) is 5. The Morgan fingerprint density at radius 2 is 2.04 bits per heavy atom. The molecule has 0 spiro atoms. The highest BCUT2D eigenvalue weighted by atomic mass is 19.3. The fraction of sp³-hybridized carbons (Fsp3) is 0.375. The van der Waals surface area contributed by atoms with Crippen molar-refractivity contribution in [2.75, 3.05) is 0 Å². The summed E-state index contributed by atoms with van der Waals surface area (Å²) in [6.45, 7) is 5.95. The summed E-state index contributed by atoms with van der Waals surface area (Å²) in [6.07, 6.45) is -0.751. The summed E-state index contributed by atoms with van der Waals surface area (Å²) < 4.78 is 32.2. The van der Waals surface area contributed by atoms with Gasteiger partial charge >= 0.3 is 0 Å². The fourth-order valence-electron chi connectivity index (χ4n) is 2.55. The molecule has 0 radical (unpaired) electrons. The number of alkyl halides is 2. The largest absolute Gasteiger partial charge is 0.339 e. The van der Waals surface area contributed by atoms with E-state index >= 15 is 0 Å². The molecule has 0 saturated carbocycles. The molecule has 1 unspecified atom stereocenters. The van der Waals surface area contributed by atoms with Crippen LogP contribution in [-0.2, 0) is 6.42 Å². The standard InChI is InChI=1S/C16H17F2N5O/c1-9-6-10(2)23(21-9)11(3)7-14-20-16(22-24-14)12-4-5-13(15(17)18)19-8-12/h4-6,8,11,15H,7H2,1-3H3. The van der Waals surface area contributed by atoms with Gasteiger partial charge in [0.05, 0.1) is 11.7 Å². The molecular weight excluding hydrogens is 316 g/mol. The van der Waals surface area contributed by atoms with Crippen molar-refractivity contribution in [1.29, 1.82) is 0 Å². The molecule has 126 valence electrons. The van der Waals surface area contributed by atoms with Crippen LogP contribution in [0.5, 0.6) is 0 Å². The minimum Gasteiger partial charge on any atom is -0.339 e. The van der Waals surface area contributed by atoms with Gasteiger partial charge in [-0.2, -0.15) is 10.1 Å². The van der Waals surface area contributed by atoms with Crippen LogP contribution in [-0.4, -0.2) is 24.9 Å². The van der Waals surface area contributed by atoms with Crippen LogP contribution in [0.4, 0.5) is 8.78 Å². The number of hydrogen-bond acceptors (Lipinski definition) is 5. The van der Waals surface area contributed by atoms with Gasteiger partial charge < -0.3 is 4.52 Å². The highest BCUT2D eigenvalue weighted by molar-refractivity contribution is 5.52. The molecule has 0 aromatic carbocycles. The number of halogens is 2. The highest BCUT2D eigenvalue weighted by Gasteiger charge is 2.16. The Morgan fingerprint density at radius 3 is 2.62 bits per heavy atom. The van der Waals surface area contributed by atoms with Gasteiger partial charge in [-0.05, 0) is 39.0 Å². The first-order valence-corrected chi connectivity index (χ1v) is 7.54. The summed E-state index contributed by atoms with van der Waals surface area (Å²) in [5.74, 6) is 0.793. The number of hydrogen-bond donors (Lipinski definition) is 0. The van der Waals surface area contributed by atoms with Crippen LogP contribution in [0.1, 0.15) is 42.4 Å². The molecular formula is C16H17F2N5O. The average molecular weight is 333 g/mol. The summed E-state index contributed by atoms with van der Waals surface area (Å²) in [5, 5.41) is 8.34. The van der Waals surface area contributed by atoms with Gasteiger partial charge in [-0.25, -0.2) is 8.78 Å². The van der Waals surface area contributed by atoms with Gasteiger partial charge in [-0.1, -0.05) is 5.16 Å². The molecule has 8 heteroatoms. The number of aromatic nitrogens is 5. The second-order valence-electron chi connectivity index (χ2n) is 5.71. The summed E-state index contributed by atoms with van der Waals surface area (Å²) in [5.41, 5.74) is 2.27. The monoisotopic (exact) mass is 333 g/mol. The molecule has 0 aliphatic heterocycles. The van der Waals surface area contributed by atoms with Crippen LogP contribution in [0.25, 0.3) is 11.4 Å². The normalized spacial score (nSPS) is 12.8. The van der Waals surface area contributed by atoms with Crippen molar-refractivity contribution in [3.63, 3.8) is 0 Å². The van der Waals surface area contributed by atoms with E-state index < -0.39 is 6.43 Å². The summed E-state index contributed by atoms with van der Waals surface area (Å²) in [6, 6.07) is 4.83. The summed E-state index contributed by atoms with van der Waals surface area (Å²) >= 11 is 0. The molecule has 0 bridgehead atoms. The first-order valence-electron chi connectivity index (χ1n) is 7.54. The van der Waals surface area contributed by atoms with E-state index in [1.54, 1.807) is 0 Å². The van der Waals surface area contributed by atoms with Crippen LogP contribution in [0.2, 0.25) is 0 Å². The molecule has 1 atom stereocenters. The predicted octanol–water partition coefficient (Wildman–Crippen LogP) is 3.69. The van der Waals surface area contributed by atoms with E-state index in [4.69, 9.17) is 4.52 Å². The Balaban J connectivity index is 1.74. The number of rotatable bonds is 5. The second-order valence-corrected chi connectivity index (χ2v) is 5.71. The van der Waals surface area contributed by atoms with Gasteiger partial charge in [0.25, 0.3) is 6.43 Å². The van der Waals surface area contributed by atoms with E-state index in [1.807, 2.05) is 31.5 Å². The average Bonchev–Trinajstić information content (AvgIpc) is 3.13. The van der Waals surface area contributed by atoms with E-state index in [9.17, 15) is 8.78 Å². The van der Waals surface area contributed by atoms with Crippen LogP contribution in [0.15, 0.2) is 28.9 Å². The van der Waals surface area contributed by atoms with Crippen molar-refractivity contribution >= 4 is 0 Å². The molecule has 3 aromatic rings. The Labute approximate surface area is 137 Å². The fourth-order valence-corrected chi connectivity index (χ4v) is 2.55. The summed E-state index contributed by atoms with van der Waals surface area (Å²) in [4.78, 5) is 8.01. The molecule has 0 fully saturated rings. The van der Waals surface area contributed by atoms with Crippen molar-refractivity contribution in [3.8, 4) is 11.4 Å². The Morgan fingerprint density at radius 1 is 1.25 bits per heavy atom. The van der Waals surface area contributed by atoms with Crippen LogP contribution in [0, 0.1) is 13.8 Å². The lowest BCUT2D eigenvalue weighted by Gasteiger charge is -2.11. The Hall–Kier alpha value is -2.64. The first-order chi connectivity index (χ1) is 11.4. The molecule has 6 nitrogen and oxygen atoms in total. The predicted molar refractivity (Wildman–Crippen MR) is 82.6 cm³/mol. The van der Waals surface area contributed by atoms with Crippen molar-refractivity contribution in [3.05, 3.63) is 47.4 Å². The number of pyridine rings is 1. The topological polar surface area (TPSA) is 69.6 Å². The highest BCUT2D eigenvalue weighted by Crippen LogP contribution is 2.21. The molecule has 3 rings (SSSR count). The minimum atomic E-state index is -2.60. The molecule has 0 amide bonds. The van der Waals surface area contributed by atoms with Crippen LogP contribution in [0.3, 0.4) is 0 Å². The smallest absolute Gasteiger partial charge is 0.280 e. The SMILES string of the molecule is Cc1cc(C)n(C(C)Cc2nc(-c3ccc(C(F)F)nc3)no2)n1. The molecule has 3 heterocycles. The zero-order valence-corrected chi connectivity index (χ0v) is 13.6. The minimum absolute atomic E-state index is 0.0614. The third-order valence-electron chi connectivity index (χ3n) is 3.67. The van der Waals surface area contributed by atoms with Gasteiger partial charge in [0, 0.05) is 23.9 Å². The zero-order chi connectivity index (χ0) is 17.3. The third-order valence-corrected chi connectivity index (χ3v) is 3.67. The van der Waals surface area contributed by atoms with Crippen molar-refractivity contribution < 1.29 is 13.3 Å². The lowest BCUT2D eigenvalue weighted by molar-refractivity contribution is 0.146. The Kier molecular flexibility index (Phi) is 4.37. The van der Waals surface area contributed by atoms with Gasteiger partial charge in [0.1, 0.15) is 5.69 Å². The van der Waals surface area contributed by atoms with E-state index in [2.05, 4.69) is 20.2 Å². The van der Waals surface area contributed by atoms with E-state index in [0.29, 0.717) is 23.7 Å². The number of aryl methyl sites for hydroxylation is 2. The van der Waals surface area contributed by atoms with Gasteiger partial charge in [-0.3, -0.25) is 9.67 Å². The summed E-state index contributed by atoms with van der Waals surface area (Å²) in [7, 11) is 0. The lowest BCUT2D eigenvalue weighted by atomic mass is 10.2. The van der Waals surface area contributed by atoms with Gasteiger partial charge in [0.15, 0.2) is 0 Å². The van der Waals surface area contributed by atoms with Crippen LogP contribution < -0.4 is 0 Å². The molecule has 0 saturated heterocycles. The maximum absolute atomic E-state index is 12.5. The third kappa shape index (κ3) is 3.32. The lowest BCUT2D eigenvalue weighted by Crippen LogP contribution is -2.11. The first kappa shape index (κ1) is 16.2. The zero-order valence-electron chi connectivity index (χ0n) is 13.6. The molecule has 0 aliphatic rings. The molecule has 0 N–H and O–H groups in total. The quantitative estimate of drug-likeness (QED) is 0.712.